The van der Waals surface area contributed by atoms with Gasteiger partial charge in [-0.05, 0) is 38.1 Å². The number of halogens is 1. The fourth-order valence-corrected chi connectivity index (χ4v) is 1.73. The molecule has 0 aliphatic carbocycles. The predicted molar refractivity (Wildman–Crippen MR) is 77.3 cm³/mol. The Balaban J connectivity index is 2.15. The van der Waals surface area contributed by atoms with Gasteiger partial charge in [-0.25, -0.2) is 4.39 Å². The Hall–Kier alpha value is -2.43. The van der Waals surface area contributed by atoms with Crippen molar-refractivity contribution in [2.75, 3.05) is 10.6 Å². The molecule has 0 atom stereocenters. The number of pyridine rings is 1. The van der Waals surface area contributed by atoms with Crippen molar-refractivity contribution in [2.45, 2.75) is 19.9 Å². The van der Waals surface area contributed by atoms with Crippen LogP contribution in [0.1, 0.15) is 24.3 Å². The number of hydrogen-bond acceptors (Lipinski definition) is 3. The fourth-order valence-electron chi connectivity index (χ4n) is 1.73. The normalized spacial score (nSPS) is 10.4. The van der Waals surface area contributed by atoms with E-state index < -0.39 is 11.7 Å². The maximum absolute atomic E-state index is 13.5. The van der Waals surface area contributed by atoms with Crippen LogP contribution >= 0.6 is 0 Å². The molecular formula is C15H16FN3O. The molecule has 0 unspecified atom stereocenters. The molecular weight excluding hydrogens is 257 g/mol. The minimum absolute atomic E-state index is 0.140. The SMILES string of the molecule is CC(C)Nc1ccnc(C(=O)Nc2ccccc2F)c1. The summed E-state index contributed by atoms with van der Waals surface area (Å²) in [4.78, 5) is 16.0. The van der Waals surface area contributed by atoms with Crippen LogP contribution in [0.25, 0.3) is 0 Å². The van der Waals surface area contributed by atoms with Crippen molar-refractivity contribution in [3.05, 3.63) is 54.1 Å². The summed E-state index contributed by atoms with van der Waals surface area (Å²) in [6, 6.07) is 9.68. The number of carbonyl (C=O) groups is 1. The molecule has 2 aromatic rings. The predicted octanol–water partition coefficient (Wildman–Crippen LogP) is 3.29. The molecule has 1 aromatic carbocycles. The van der Waals surface area contributed by atoms with Gasteiger partial charge in [0.2, 0.25) is 0 Å². The second-order valence-electron chi connectivity index (χ2n) is 4.66. The largest absolute Gasteiger partial charge is 0.383 e. The number of nitrogens with zero attached hydrogens (tertiary/aromatic N) is 1. The highest BCUT2D eigenvalue weighted by Crippen LogP contribution is 2.15. The first kappa shape index (κ1) is 14.0. The van der Waals surface area contributed by atoms with Crippen molar-refractivity contribution in [1.82, 2.24) is 4.98 Å². The molecule has 0 aliphatic heterocycles. The number of carbonyl (C=O) groups excluding carboxylic acids is 1. The lowest BCUT2D eigenvalue weighted by Crippen LogP contribution is -2.16. The van der Waals surface area contributed by atoms with Gasteiger partial charge in [-0.15, -0.1) is 0 Å². The van der Waals surface area contributed by atoms with Crippen molar-refractivity contribution in [3.63, 3.8) is 0 Å². The van der Waals surface area contributed by atoms with Crippen LogP contribution in [-0.2, 0) is 0 Å². The Kier molecular flexibility index (Phi) is 4.30. The summed E-state index contributed by atoms with van der Waals surface area (Å²) in [5.41, 5.74) is 1.18. The fraction of sp³-hybridized carbons (Fsp3) is 0.200. The Bertz CT molecular complexity index is 614. The molecule has 0 spiro atoms. The maximum Gasteiger partial charge on any atom is 0.274 e. The minimum Gasteiger partial charge on any atom is -0.383 e. The van der Waals surface area contributed by atoms with Crippen LogP contribution in [-0.4, -0.2) is 16.9 Å². The average molecular weight is 273 g/mol. The lowest BCUT2D eigenvalue weighted by atomic mass is 10.2. The number of aromatic nitrogens is 1. The van der Waals surface area contributed by atoms with E-state index in [0.29, 0.717) is 0 Å². The lowest BCUT2D eigenvalue weighted by molar-refractivity contribution is 0.102. The summed E-state index contributed by atoms with van der Waals surface area (Å²) in [6.45, 7) is 4.00. The molecule has 1 aromatic heterocycles. The van der Waals surface area contributed by atoms with Crippen molar-refractivity contribution < 1.29 is 9.18 Å². The first-order chi connectivity index (χ1) is 9.56. The molecule has 0 saturated carbocycles. The van der Waals surface area contributed by atoms with E-state index in [9.17, 15) is 9.18 Å². The molecule has 5 heteroatoms. The highest BCUT2D eigenvalue weighted by Gasteiger charge is 2.11. The average Bonchev–Trinajstić information content (AvgIpc) is 2.41. The highest BCUT2D eigenvalue weighted by molar-refractivity contribution is 6.03. The monoisotopic (exact) mass is 273 g/mol. The molecule has 1 amide bonds. The number of nitrogens with one attached hydrogen (secondary N) is 2. The molecule has 0 aliphatic rings. The third-order valence-corrected chi connectivity index (χ3v) is 2.57. The highest BCUT2D eigenvalue weighted by atomic mass is 19.1. The van der Waals surface area contributed by atoms with Crippen LogP contribution in [0.2, 0.25) is 0 Å². The minimum atomic E-state index is -0.475. The molecule has 1 heterocycles. The number of hydrogen-bond donors (Lipinski definition) is 2. The lowest BCUT2D eigenvalue weighted by Gasteiger charge is -2.11. The van der Waals surface area contributed by atoms with Crippen molar-refractivity contribution >= 4 is 17.3 Å². The van der Waals surface area contributed by atoms with E-state index in [2.05, 4.69) is 15.6 Å². The number of benzene rings is 1. The molecule has 0 radical (unpaired) electrons. The quantitative estimate of drug-likeness (QED) is 0.898. The first-order valence-electron chi connectivity index (χ1n) is 6.34. The zero-order chi connectivity index (χ0) is 14.5. The Labute approximate surface area is 117 Å². The molecule has 2 N–H and O–H groups in total. The van der Waals surface area contributed by atoms with Gasteiger partial charge < -0.3 is 10.6 Å². The van der Waals surface area contributed by atoms with E-state index in [1.54, 1.807) is 30.5 Å². The topological polar surface area (TPSA) is 54.0 Å². The van der Waals surface area contributed by atoms with Gasteiger partial charge in [0, 0.05) is 17.9 Å². The zero-order valence-corrected chi connectivity index (χ0v) is 11.4. The van der Waals surface area contributed by atoms with E-state index in [-0.39, 0.29) is 17.4 Å². The molecule has 2 rings (SSSR count). The van der Waals surface area contributed by atoms with Crippen LogP contribution < -0.4 is 10.6 Å². The Morgan fingerprint density at radius 3 is 2.70 bits per heavy atom. The van der Waals surface area contributed by atoms with E-state index in [4.69, 9.17) is 0 Å². The summed E-state index contributed by atoms with van der Waals surface area (Å²) >= 11 is 0. The van der Waals surface area contributed by atoms with Crippen LogP contribution in [0.4, 0.5) is 15.8 Å². The second kappa shape index (κ2) is 6.14. The molecule has 4 nitrogen and oxygen atoms in total. The second-order valence-corrected chi connectivity index (χ2v) is 4.66. The molecule has 0 bridgehead atoms. The van der Waals surface area contributed by atoms with Crippen LogP contribution in [0.5, 0.6) is 0 Å². The smallest absolute Gasteiger partial charge is 0.274 e. The van der Waals surface area contributed by atoms with Gasteiger partial charge in [0.1, 0.15) is 11.5 Å². The Morgan fingerprint density at radius 1 is 1.25 bits per heavy atom. The summed E-state index contributed by atoms with van der Waals surface area (Å²) in [5, 5.41) is 5.68. The van der Waals surface area contributed by atoms with Gasteiger partial charge in [0.25, 0.3) is 5.91 Å². The van der Waals surface area contributed by atoms with Crippen LogP contribution in [0.15, 0.2) is 42.6 Å². The van der Waals surface area contributed by atoms with Gasteiger partial charge >= 0.3 is 0 Å². The first-order valence-corrected chi connectivity index (χ1v) is 6.34. The maximum atomic E-state index is 13.5. The van der Waals surface area contributed by atoms with E-state index in [0.717, 1.165) is 5.69 Å². The third-order valence-electron chi connectivity index (χ3n) is 2.57. The molecule has 20 heavy (non-hydrogen) atoms. The summed E-state index contributed by atoms with van der Waals surface area (Å²) in [6.07, 6.45) is 1.54. The summed E-state index contributed by atoms with van der Waals surface area (Å²) in [5.74, 6) is -0.917. The van der Waals surface area contributed by atoms with Crippen LogP contribution in [0.3, 0.4) is 0 Å². The zero-order valence-electron chi connectivity index (χ0n) is 11.4. The summed E-state index contributed by atoms with van der Waals surface area (Å²) < 4.78 is 13.5. The van der Waals surface area contributed by atoms with Gasteiger partial charge in [0.05, 0.1) is 5.69 Å². The van der Waals surface area contributed by atoms with E-state index in [1.807, 2.05) is 13.8 Å². The van der Waals surface area contributed by atoms with Gasteiger partial charge in [0.15, 0.2) is 0 Å². The molecule has 104 valence electrons. The standard InChI is InChI=1S/C15H16FN3O/c1-10(2)18-11-7-8-17-14(9-11)15(20)19-13-6-4-3-5-12(13)16/h3-10H,1-2H3,(H,17,18)(H,19,20). The van der Waals surface area contributed by atoms with E-state index in [1.165, 1.54) is 12.1 Å². The number of amides is 1. The summed E-state index contributed by atoms with van der Waals surface area (Å²) in [7, 11) is 0. The number of anilines is 2. The molecule has 0 saturated heterocycles. The third kappa shape index (κ3) is 3.54. The van der Waals surface area contributed by atoms with Gasteiger partial charge in [-0.1, -0.05) is 12.1 Å². The molecule has 0 fully saturated rings. The number of rotatable bonds is 4. The Morgan fingerprint density at radius 2 is 2.00 bits per heavy atom. The van der Waals surface area contributed by atoms with Gasteiger partial charge in [-0.2, -0.15) is 0 Å². The van der Waals surface area contributed by atoms with E-state index >= 15 is 0 Å². The van der Waals surface area contributed by atoms with Gasteiger partial charge in [-0.3, -0.25) is 9.78 Å². The van der Waals surface area contributed by atoms with Crippen molar-refractivity contribution in [2.24, 2.45) is 0 Å². The van der Waals surface area contributed by atoms with Crippen LogP contribution in [0, 0.1) is 5.82 Å². The number of para-hydroxylation sites is 1. The van der Waals surface area contributed by atoms with Crippen molar-refractivity contribution in [3.8, 4) is 0 Å². The van der Waals surface area contributed by atoms with Crippen molar-refractivity contribution in [1.29, 1.82) is 0 Å².